The van der Waals surface area contributed by atoms with Crippen LogP contribution in [0.2, 0.25) is 0 Å². The van der Waals surface area contributed by atoms with E-state index in [0.29, 0.717) is 5.92 Å². The predicted molar refractivity (Wildman–Crippen MR) is 51.7 cm³/mol. The molecule has 0 spiro atoms. The van der Waals surface area contributed by atoms with Gasteiger partial charge in [-0.25, -0.2) is 0 Å². The number of hydrogen-bond acceptors (Lipinski definition) is 3. The average Bonchev–Trinajstić information content (AvgIpc) is 2.75. The van der Waals surface area contributed by atoms with Gasteiger partial charge in [0.05, 0.1) is 12.5 Å². The first-order chi connectivity index (χ1) is 6.75. The minimum atomic E-state index is -0.918. The summed E-state index contributed by atoms with van der Waals surface area (Å²) in [6, 6.07) is 3.83. The van der Waals surface area contributed by atoms with Crippen molar-refractivity contribution in [2.24, 2.45) is 5.92 Å². The van der Waals surface area contributed by atoms with Crippen LogP contribution in [0.1, 0.15) is 11.3 Å². The van der Waals surface area contributed by atoms with Gasteiger partial charge in [0.25, 0.3) is 0 Å². The Morgan fingerprint density at radius 1 is 1.71 bits per heavy atom. The first-order valence-electron chi connectivity index (χ1n) is 4.82. The SMILES string of the molecule is O=C([O-])[C@@H]1C[C@@H](Cc2cccs2)C[NH2+]1. The first kappa shape index (κ1) is 9.68. The van der Waals surface area contributed by atoms with Crippen molar-refractivity contribution in [1.29, 1.82) is 0 Å². The van der Waals surface area contributed by atoms with Crippen molar-refractivity contribution in [2.45, 2.75) is 18.9 Å². The molecule has 0 bridgehead atoms. The number of carboxylic acid groups (broad SMARTS) is 1. The smallest absolute Gasteiger partial charge is 0.127 e. The molecule has 1 aromatic rings. The van der Waals surface area contributed by atoms with Gasteiger partial charge in [0.1, 0.15) is 6.04 Å². The summed E-state index contributed by atoms with van der Waals surface area (Å²) in [5.74, 6) is -0.421. The van der Waals surface area contributed by atoms with Crippen molar-refractivity contribution in [3.63, 3.8) is 0 Å². The average molecular weight is 211 g/mol. The summed E-state index contributed by atoms with van der Waals surface area (Å²) in [7, 11) is 0. The van der Waals surface area contributed by atoms with Crippen molar-refractivity contribution >= 4 is 17.3 Å². The zero-order valence-corrected chi connectivity index (χ0v) is 8.63. The Balaban J connectivity index is 1.87. The van der Waals surface area contributed by atoms with E-state index in [2.05, 4.69) is 11.4 Å². The van der Waals surface area contributed by atoms with E-state index in [1.54, 1.807) is 11.3 Å². The topological polar surface area (TPSA) is 56.7 Å². The number of nitrogens with two attached hydrogens (primary N) is 1. The molecule has 2 heterocycles. The van der Waals surface area contributed by atoms with Gasteiger partial charge in [0.2, 0.25) is 0 Å². The minimum Gasteiger partial charge on any atom is -0.544 e. The number of carbonyl (C=O) groups excluding carboxylic acids is 1. The van der Waals surface area contributed by atoms with Crippen LogP contribution in [-0.2, 0) is 11.2 Å². The van der Waals surface area contributed by atoms with Crippen LogP contribution in [0, 0.1) is 5.92 Å². The summed E-state index contributed by atoms with van der Waals surface area (Å²) in [5, 5.41) is 14.6. The van der Waals surface area contributed by atoms with Crippen LogP contribution in [0.15, 0.2) is 17.5 Å². The van der Waals surface area contributed by atoms with Crippen LogP contribution >= 0.6 is 11.3 Å². The van der Waals surface area contributed by atoms with Crippen LogP contribution in [0.3, 0.4) is 0 Å². The highest BCUT2D eigenvalue weighted by Gasteiger charge is 2.28. The van der Waals surface area contributed by atoms with E-state index >= 15 is 0 Å². The quantitative estimate of drug-likeness (QED) is 0.696. The van der Waals surface area contributed by atoms with Gasteiger partial charge in [-0.3, -0.25) is 0 Å². The fourth-order valence-corrected chi connectivity index (χ4v) is 2.80. The molecular weight excluding hydrogens is 198 g/mol. The second-order valence-electron chi connectivity index (χ2n) is 3.78. The third-order valence-electron chi connectivity index (χ3n) is 2.71. The second-order valence-corrected chi connectivity index (χ2v) is 4.81. The standard InChI is InChI=1S/C10H13NO2S/c12-10(13)9-5-7(6-11-9)4-8-2-1-3-14-8/h1-3,7,9,11H,4-6H2,(H,12,13)/t7-,9+/m1/s1. The summed E-state index contributed by atoms with van der Waals surface area (Å²) < 4.78 is 0. The molecule has 1 aliphatic rings. The molecule has 4 heteroatoms. The van der Waals surface area contributed by atoms with Gasteiger partial charge in [-0.2, -0.15) is 0 Å². The van der Waals surface area contributed by atoms with Gasteiger partial charge in [0.15, 0.2) is 0 Å². The highest BCUT2D eigenvalue weighted by molar-refractivity contribution is 7.09. The van der Waals surface area contributed by atoms with Crippen LogP contribution in [0.4, 0.5) is 0 Å². The van der Waals surface area contributed by atoms with Crippen molar-refractivity contribution in [2.75, 3.05) is 6.54 Å². The zero-order valence-electron chi connectivity index (χ0n) is 7.81. The lowest BCUT2D eigenvalue weighted by Gasteiger charge is -2.06. The van der Waals surface area contributed by atoms with E-state index in [1.807, 2.05) is 11.4 Å². The lowest BCUT2D eigenvalue weighted by Crippen LogP contribution is -2.90. The van der Waals surface area contributed by atoms with Gasteiger partial charge in [-0.1, -0.05) is 6.07 Å². The Labute approximate surface area is 86.8 Å². The van der Waals surface area contributed by atoms with Crippen LogP contribution < -0.4 is 10.4 Å². The normalized spacial score (nSPS) is 26.6. The van der Waals surface area contributed by atoms with E-state index in [-0.39, 0.29) is 6.04 Å². The molecule has 0 aliphatic carbocycles. The molecule has 14 heavy (non-hydrogen) atoms. The Morgan fingerprint density at radius 3 is 3.14 bits per heavy atom. The predicted octanol–water partition coefficient (Wildman–Crippen LogP) is -1.01. The maximum Gasteiger partial charge on any atom is 0.127 e. The summed E-state index contributed by atoms with van der Waals surface area (Å²) >= 11 is 1.74. The molecule has 0 unspecified atom stereocenters. The monoisotopic (exact) mass is 211 g/mol. The maximum absolute atomic E-state index is 10.6. The molecule has 2 N–H and O–H groups in total. The third-order valence-corrected chi connectivity index (χ3v) is 3.61. The molecule has 1 aromatic heterocycles. The van der Waals surface area contributed by atoms with Gasteiger partial charge in [-0.15, -0.1) is 11.3 Å². The van der Waals surface area contributed by atoms with Gasteiger partial charge < -0.3 is 15.2 Å². The first-order valence-corrected chi connectivity index (χ1v) is 5.70. The molecule has 0 radical (unpaired) electrons. The molecule has 76 valence electrons. The number of rotatable bonds is 3. The van der Waals surface area contributed by atoms with Gasteiger partial charge in [-0.05, 0) is 17.9 Å². The van der Waals surface area contributed by atoms with E-state index in [1.165, 1.54) is 4.88 Å². The van der Waals surface area contributed by atoms with E-state index < -0.39 is 5.97 Å². The molecule has 1 fully saturated rings. The molecule has 3 nitrogen and oxygen atoms in total. The molecule has 1 aliphatic heterocycles. The summed E-state index contributed by atoms with van der Waals surface area (Å²) in [5.41, 5.74) is 0. The summed E-state index contributed by atoms with van der Waals surface area (Å²) in [4.78, 5) is 12.0. The molecular formula is C10H13NO2S. The van der Waals surface area contributed by atoms with Crippen molar-refractivity contribution in [3.8, 4) is 0 Å². The molecule has 0 amide bonds. The van der Waals surface area contributed by atoms with Crippen LogP contribution in [0.5, 0.6) is 0 Å². The van der Waals surface area contributed by atoms with Crippen LogP contribution in [-0.4, -0.2) is 18.6 Å². The Morgan fingerprint density at radius 2 is 2.57 bits per heavy atom. The van der Waals surface area contributed by atoms with Crippen LogP contribution in [0.25, 0.3) is 0 Å². The zero-order chi connectivity index (χ0) is 9.97. The number of carboxylic acids is 1. The van der Waals surface area contributed by atoms with Crippen molar-refractivity contribution in [3.05, 3.63) is 22.4 Å². The molecule has 2 atom stereocenters. The third kappa shape index (κ3) is 2.13. The Kier molecular flexibility index (Phi) is 2.84. The Bertz CT molecular complexity index is 310. The molecule has 0 aromatic carbocycles. The van der Waals surface area contributed by atoms with E-state index in [9.17, 15) is 9.90 Å². The summed E-state index contributed by atoms with van der Waals surface area (Å²) in [6.07, 6.45) is 1.76. The lowest BCUT2D eigenvalue weighted by molar-refractivity contribution is -0.666. The van der Waals surface area contributed by atoms with Gasteiger partial charge in [0, 0.05) is 17.2 Å². The number of aliphatic carboxylic acids is 1. The fourth-order valence-electron chi connectivity index (χ4n) is 1.98. The minimum absolute atomic E-state index is 0.319. The van der Waals surface area contributed by atoms with Gasteiger partial charge >= 0.3 is 0 Å². The molecule has 2 rings (SSSR count). The highest BCUT2D eigenvalue weighted by atomic mass is 32.1. The van der Waals surface area contributed by atoms with E-state index in [4.69, 9.17) is 0 Å². The number of thiophene rings is 1. The number of hydrogen-bond donors (Lipinski definition) is 1. The fraction of sp³-hybridized carbons (Fsp3) is 0.500. The van der Waals surface area contributed by atoms with E-state index in [0.717, 1.165) is 19.4 Å². The molecule has 1 saturated heterocycles. The molecule has 0 saturated carbocycles. The summed E-state index contributed by atoms with van der Waals surface area (Å²) in [6.45, 7) is 0.913. The van der Waals surface area contributed by atoms with Crippen molar-refractivity contribution < 1.29 is 15.2 Å². The Hall–Kier alpha value is -0.870. The maximum atomic E-state index is 10.6. The largest absolute Gasteiger partial charge is 0.544 e. The number of quaternary nitrogens is 1. The lowest BCUT2D eigenvalue weighted by atomic mass is 10.0. The highest BCUT2D eigenvalue weighted by Crippen LogP contribution is 2.18. The van der Waals surface area contributed by atoms with Crippen molar-refractivity contribution in [1.82, 2.24) is 0 Å². The second kappa shape index (κ2) is 4.11. The number of carbonyl (C=O) groups is 1.